The second-order valence-corrected chi connectivity index (χ2v) is 5.87. The first-order chi connectivity index (χ1) is 8.48. The van der Waals surface area contributed by atoms with Gasteiger partial charge in [0.05, 0.1) is 4.90 Å². The number of aryl methyl sites for hydroxylation is 1. The maximum atomic E-state index is 12.1. The number of unbranched alkanes of at least 4 members (excludes halogenated alkanes) is 1. The molecule has 98 valence electrons. The first kappa shape index (κ1) is 14.6. The lowest BCUT2D eigenvalue weighted by atomic mass is 10.2. The summed E-state index contributed by atoms with van der Waals surface area (Å²) in [5.74, 6) is 2.71. The second kappa shape index (κ2) is 6.43. The van der Waals surface area contributed by atoms with Gasteiger partial charge in [0.1, 0.15) is 0 Å². The molecule has 0 aliphatic rings. The van der Waals surface area contributed by atoms with Crippen LogP contribution in [0.3, 0.4) is 0 Å². The molecule has 0 spiro atoms. The summed E-state index contributed by atoms with van der Waals surface area (Å²) in [5.41, 5.74) is 1.01. The second-order valence-electron chi connectivity index (χ2n) is 3.90. The molecule has 0 unspecified atom stereocenters. The van der Waals surface area contributed by atoms with E-state index in [0.717, 1.165) is 9.87 Å². The molecular weight excluding hydrogens is 250 g/mol. The van der Waals surface area contributed by atoms with Gasteiger partial charge in [-0.1, -0.05) is 23.6 Å². The predicted molar refractivity (Wildman–Crippen MR) is 70.2 cm³/mol. The molecule has 1 rings (SSSR count). The van der Waals surface area contributed by atoms with Gasteiger partial charge >= 0.3 is 0 Å². The van der Waals surface area contributed by atoms with Gasteiger partial charge in [0.15, 0.2) is 0 Å². The molecule has 0 aromatic heterocycles. The Labute approximate surface area is 108 Å². The molecule has 0 radical (unpaired) electrons. The lowest BCUT2D eigenvalue weighted by molar-refractivity contribution is 0.290. The van der Waals surface area contributed by atoms with Crippen molar-refractivity contribution in [2.24, 2.45) is 0 Å². The minimum Gasteiger partial charge on any atom is -0.396 e. The van der Waals surface area contributed by atoms with Crippen LogP contribution in [0.4, 0.5) is 0 Å². The van der Waals surface area contributed by atoms with Gasteiger partial charge in [-0.2, -0.15) is 0 Å². The van der Waals surface area contributed by atoms with E-state index in [2.05, 4.69) is 12.0 Å². The van der Waals surface area contributed by atoms with E-state index < -0.39 is 10.0 Å². The first-order valence-electron chi connectivity index (χ1n) is 5.63. The molecule has 0 amide bonds. The number of hydrogen-bond donors (Lipinski definition) is 1. The number of benzene rings is 1. The third-order valence-electron chi connectivity index (χ3n) is 2.38. The standard InChI is InChI=1S/C13H17NO3S/c1-12-6-8-13(9-7-12)18(16,17)14(2)10-4-3-5-11-15/h6-9,15H,3,5,11H2,1-2H3. The van der Waals surface area contributed by atoms with Crippen LogP contribution in [-0.4, -0.2) is 31.5 Å². The Balaban J connectivity index is 2.85. The van der Waals surface area contributed by atoms with E-state index in [1.165, 1.54) is 7.05 Å². The van der Waals surface area contributed by atoms with Crippen molar-refractivity contribution in [1.29, 1.82) is 0 Å². The van der Waals surface area contributed by atoms with Crippen molar-refractivity contribution in [3.63, 3.8) is 0 Å². The number of sulfonamides is 1. The van der Waals surface area contributed by atoms with Crippen molar-refractivity contribution < 1.29 is 13.5 Å². The quantitative estimate of drug-likeness (QED) is 0.509. The first-order valence-corrected chi connectivity index (χ1v) is 7.07. The Morgan fingerprint density at radius 3 is 2.44 bits per heavy atom. The van der Waals surface area contributed by atoms with E-state index in [4.69, 9.17) is 5.11 Å². The molecule has 1 N–H and O–H groups in total. The van der Waals surface area contributed by atoms with E-state index in [9.17, 15) is 8.42 Å². The van der Waals surface area contributed by atoms with Crippen molar-refractivity contribution in [1.82, 2.24) is 4.31 Å². The van der Waals surface area contributed by atoms with Crippen LogP contribution in [0.5, 0.6) is 0 Å². The van der Waals surface area contributed by atoms with Crippen molar-refractivity contribution in [2.45, 2.75) is 24.7 Å². The molecule has 0 fully saturated rings. The van der Waals surface area contributed by atoms with E-state index in [1.54, 1.807) is 24.3 Å². The van der Waals surface area contributed by atoms with Gasteiger partial charge in [0.25, 0.3) is 10.0 Å². The minimum atomic E-state index is -3.55. The van der Waals surface area contributed by atoms with Crippen LogP contribution < -0.4 is 0 Å². The maximum absolute atomic E-state index is 12.1. The zero-order chi connectivity index (χ0) is 13.6. The normalized spacial score (nSPS) is 10.6. The summed E-state index contributed by atoms with van der Waals surface area (Å²) in [6.07, 6.45) is 1.02. The molecule has 0 aliphatic carbocycles. The average Bonchev–Trinajstić information content (AvgIpc) is 2.35. The molecule has 0 bridgehead atoms. The number of nitrogens with zero attached hydrogens (tertiary/aromatic N) is 1. The highest BCUT2D eigenvalue weighted by Gasteiger charge is 2.17. The molecule has 0 heterocycles. The molecular formula is C13H17NO3S. The fraction of sp³-hybridized carbons (Fsp3) is 0.385. The van der Waals surface area contributed by atoms with Gasteiger partial charge in [-0.05, 0) is 25.5 Å². The largest absolute Gasteiger partial charge is 0.396 e. The minimum absolute atomic E-state index is 0.0586. The van der Waals surface area contributed by atoms with Crippen LogP contribution in [-0.2, 0) is 10.0 Å². The molecule has 0 atom stereocenters. The maximum Gasteiger partial charge on any atom is 0.270 e. The van der Waals surface area contributed by atoms with Crippen LogP contribution in [0.15, 0.2) is 29.2 Å². The van der Waals surface area contributed by atoms with Gasteiger partial charge in [0.2, 0.25) is 0 Å². The summed E-state index contributed by atoms with van der Waals surface area (Å²) in [7, 11) is -2.13. The smallest absolute Gasteiger partial charge is 0.270 e. The predicted octanol–water partition coefficient (Wildman–Crippen LogP) is 1.35. The molecule has 1 aromatic rings. The summed E-state index contributed by atoms with van der Waals surface area (Å²) in [5, 5.41) is 8.60. The monoisotopic (exact) mass is 267 g/mol. The Kier molecular flexibility index (Phi) is 5.20. The molecule has 0 saturated carbocycles. The van der Waals surface area contributed by atoms with Crippen LogP contribution in [0.2, 0.25) is 0 Å². The van der Waals surface area contributed by atoms with Crippen LogP contribution in [0.1, 0.15) is 18.4 Å². The number of rotatable bonds is 4. The van der Waals surface area contributed by atoms with Crippen molar-refractivity contribution in [3.05, 3.63) is 29.8 Å². The number of aliphatic hydroxyl groups excluding tert-OH is 1. The Morgan fingerprint density at radius 2 is 1.89 bits per heavy atom. The molecule has 1 aromatic carbocycles. The number of hydrogen-bond acceptors (Lipinski definition) is 3. The van der Waals surface area contributed by atoms with Gasteiger partial charge in [-0.25, -0.2) is 12.7 Å². The summed E-state index contributed by atoms with van der Waals surface area (Å²) in [6, 6.07) is 9.19. The van der Waals surface area contributed by atoms with E-state index in [1.807, 2.05) is 6.92 Å². The Morgan fingerprint density at radius 1 is 1.28 bits per heavy atom. The summed E-state index contributed by atoms with van der Waals surface area (Å²) in [6.45, 7) is 1.96. The highest BCUT2D eigenvalue weighted by molar-refractivity contribution is 7.89. The molecule has 0 saturated heterocycles. The zero-order valence-electron chi connectivity index (χ0n) is 10.5. The number of aliphatic hydroxyl groups is 1. The third kappa shape index (κ3) is 3.76. The lowest BCUT2D eigenvalue weighted by Gasteiger charge is -2.12. The highest BCUT2D eigenvalue weighted by Crippen LogP contribution is 2.14. The summed E-state index contributed by atoms with van der Waals surface area (Å²) < 4.78 is 25.2. The van der Waals surface area contributed by atoms with E-state index in [0.29, 0.717) is 12.8 Å². The van der Waals surface area contributed by atoms with Crippen LogP contribution in [0, 0.1) is 18.9 Å². The van der Waals surface area contributed by atoms with Gasteiger partial charge < -0.3 is 5.11 Å². The summed E-state index contributed by atoms with van der Waals surface area (Å²) in [4.78, 5) is 0.229. The van der Waals surface area contributed by atoms with Gasteiger partial charge in [-0.15, -0.1) is 0 Å². The van der Waals surface area contributed by atoms with Gasteiger partial charge in [0, 0.05) is 26.1 Å². The summed E-state index contributed by atoms with van der Waals surface area (Å²) >= 11 is 0. The topological polar surface area (TPSA) is 57.6 Å². The van der Waals surface area contributed by atoms with Gasteiger partial charge in [-0.3, -0.25) is 0 Å². The van der Waals surface area contributed by atoms with Crippen molar-refractivity contribution in [3.8, 4) is 12.0 Å². The fourth-order valence-corrected chi connectivity index (χ4v) is 2.24. The van der Waals surface area contributed by atoms with Crippen LogP contribution >= 0.6 is 0 Å². The molecule has 0 aliphatic heterocycles. The van der Waals surface area contributed by atoms with Crippen molar-refractivity contribution >= 4 is 10.0 Å². The van der Waals surface area contributed by atoms with E-state index in [-0.39, 0.29) is 11.5 Å². The van der Waals surface area contributed by atoms with Crippen molar-refractivity contribution in [2.75, 3.05) is 13.7 Å². The zero-order valence-corrected chi connectivity index (χ0v) is 11.4. The van der Waals surface area contributed by atoms with E-state index >= 15 is 0 Å². The lowest BCUT2D eigenvalue weighted by Crippen LogP contribution is -2.22. The fourth-order valence-electron chi connectivity index (χ4n) is 1.26. The third-order valence-corrected chi connectivity index (χ3v) is 4.06. The Bertz CT molecular complexity index is 538. The van der Waals surface area contributed by atoms with Crippen LogP contribution in [0.25, 0.3) is 0 Å². The Hall–Kier alpha value is -1.51. The highest BCUT2D eigenvalue weighted by atomic mass is 32.2. The average molecular weight is 267 g/mol. The molecule has 5 heteroatoms. The molecule has 4 nitrogen and oxygen atoms in total. The SMILES string of the molecule is Cc1ccc(S(=O)(=O)N(C)C#CCCCO)cc1. The molecule has 18 heavy (non-hydrogen) atoms.